The van der Waals surface area contributed by atoms with Crippen molar-refractivity contribution >= 4 is 5.95 Å². The monoisotopic (exact) mass is 321 g/mol. The molecule has 1 fully saturated rings. The third-order valence-corrected chi connectivity index (χ3v) is 4.41. The molecule has 3 heterocycles. The van der Waals surface area contributed by atoms with Crippen LogP contribution in [0.2, 0.25) is 0 Å². The molecule has 6 nitrogen and oxygen atoms in total. The minimum absolute atomic E-state index is 0.0450. The Morgan fingerprint density at radius 3 is 2.71 bits per heavy atom. The third-order valence-electron chi connectivity index (χ3n) is 4.41. The van der Waals surface area contributed by atoms with Crippen LogP contribution >= 0.6 is 0 Å². The number of anilines is 1. The molecule has 1 unspecified atom stereocenters. The number of aromatic nitrogens is 4. The van der Waals surface area contributed by atoms with Gasteiger partial charge in [0.15, 0.2) is 0 Å². The topological polar surface area (TPSA) is 67.9 Å². The molecule has 1 aliphatic heterocycles. The lowest BCUT2D eigenvalue weighted by Crippen LogP contribution is -2.24. The molecule has 0 N–H and O–H groups in total. The van der Waals surface area contributed by atoms with Crippen LogP contribution in [0.15, 0.2) is 47.2 Å². The molecule has 1 aliphatic rings. The molecule has 6 heteroatoms. The van der Waals surface area contributed by atoms with Crippen molar-refractivity contribution in [3.63, 3.8) is 0 Å². The fourth-order valence-electron chi connectivity index (χ4n) is 3.08. The standard InChI is InChI=1S/C18H19N5O/c1-2-13-6-8-14(9-7-13)16-21-17(24-22-16)15-5-3-12-23(15)18-19-10-4-11-20-18/h4,6-11,15H,2-3,5,12H2,1H3. The van der Waals surface area contributed by atoms with E-state index in [4.69, 9.17) is 4.52 Å². The van der Waals surface area contributed by atoms with Crippen LogP contribution in [0.1, 0.15) is 37.3 Å². The first-order valence-corrected chi connectivity index (χ1v) is 8.31. The molecule has 1 atom stereocenters. The van der Waals surface area contributed by atoms with E-state index in [2.05, 4.69) is 44.1 Å². The van der Waals surface area contributed by atoms with Crippen molar-refractivity contribution < 1.29 is 4.52 Å². The molecule has 2 aromatic heterocycles. The zero-order chi connectivity index (χ0) is 16.4. The maximum atomic E-state index is 5.55. The van der Waals surface area contributed by atoms with Gasteiger partial charge < -0.3 is 9.42 Å². The zero-order valence-corrected chi connectivity index (χ0v) is 13.6. The van der Waals surface area contributed by atoms with E-state index in [0.717, 1.165) is 31.4 Å². The van der Waals surface area contributed by atoms with Crippen molar-refractivity contribution in [3.05, 3.63) is 54.2 Å². The highest BCUT2D eigenvalue weighted by molar-refractivity contribution is 5.54. The summed E-state index contributed by atoms with van der Waals surface area (Å²) in [5.41, 5.74) is 2.27. The third kappa shape index (κ3) is 2.75. The molecule has 4 rings (SSSR count). The molecule has 122 valence electrons. The summed E-state index contributed by atoms with van der Waals surface area (Å²) in [4.78, 5) is 15.4. The fraction of sp³-hybridized carbons (Fsp3) is 0.333. The van der Waals surface area contributed by atoms with Crippen LogP contribution in [0.3, 0.4) is 0 Å². The molecule has 1 saturated heterocycles. The van der Waals surface area contributed by atoms with Gasteiger partial charge in [0.1, 0.15) is 6.04 Å². The normalized spacial score (nSPS) is 17.4. The highest BCUT2D eigenvalue weighted by Crippen LogP contribution is 2.34. The number of nitrogens with zero attached hydrogens (tertiary/aromatic N) is 5. The minimum atomic E-state index is 0.0450. The summed E-state index contributed by atoms with van der Waals surface area (Å²) in [7, 11) is 0. The van der Waals surface area contributed by atoms with E-state index in [1.54, 1.807) is 12.4 Å². The molecular weight excluding hydrogens is 302 g/mol. The Morgan fingerprint density at radius 2 is 1.96 bits per heavy atom. The average Bonchev–Trinajstić information content (AvgIpc) is 3.32. The summed E-state index contributed by atoms with van der Waals surface area (Å²) >= 11 is 0. The second-order valence-electron chi connectivity index (χ2n) is 5.91. The minimum Gasteiger partial charge on any atom is -0.337 e. The zero-order valence-electron chi connectivity index (χ0n) is 13.6. The molecule has 0 saturated carbocycles. The van der Waals surface area contributed by atoms with Gasteiger partial charge >= 0.3 is 0 Å². The predicted octanol–water partition coefficient (Wildman–Crippen LogP) is 3.43. The Morgan fingerprint density at radius 1 is 1.17 bits per heavy atom. The highest BCUT2D eigenvalue weighted by atomic mass is 16.5. The second kappa shape index (κ2) is 6.39. The Labute approximate surface area is 140 Å². The van der Waals surface area contributed by atoms with Crippen LogP contribution in [0.5, 0.6) is 0 Å². The van der Waals surface area contributed by atoms with Gasteiger partial charge in [-0.2, -0.15) is 4.98 Å². The lowest BCUT2D eigenvalue weighted by Gasteiger charge is -2.21. The number of rotatable bonds is 4. The Bertz CT molecular complexity index is 800. The summed E-state index contributed by atoms with van der Waals surface area (Å²) in [5, 5.41) is 4.16. The molecule has 0 spiro atoms. The van der Waals surface area contributed by atoms with E-state index in [1.807, 2.05) is 18.2 Å². The van der Waals surface area contributed by atoms with Crippen LogP contribution < -0.4 is 4.90 Å². The van der Waals surface area contributed by atoms with Crippen molar-refractivity contribution in [2.24, 2.45) is 0 Å². The molecule has 0 bridgehead atoms. The van der Waals surface area contributed by atoms with Crippen LogP contribution in [0.25, 0.3) is 11.4 Å². The lowest BCUT2D eigenvalue weighted by atomic mass is 10.1. The van der Waals surface area contributed by atoms with E-state index in [9.17, 15) is 0 Å². The van der Waals surface area contributed by atoms with Gasteiger partial charge in [-0.05, 0) is 30.9 Å². The number of hydrogen-bond acceptors (Lipinski definition) is 6. The highest BCUT2D eigenvalue weighted by Gasteiger charge is 2.32. The van der Waals surface area contributed by atoms with Crippen LogP contribution in [-0.4, -0.2) is 26.7 Å². The van der Waals surface area contributed by atoms with Crippen molar-refractivity contribution in [3.8, 4) is 11.4 Å². The summed E-state index contributed by atoms with van der Waals surface area (Å²) in [5.74, 6) is 1.98. The SMILES string of the molecule is CCc1ccc(-c2noc(C3CCCN3c3ncccn3)n2)cc1. The Kier molecular flexibility index (Phi) is 3.94. The summed E-state index contributed by atoms with van der Waals surface area (Å²) in [6.45, 7) is 3.04. The van der Waals surface area contributed by atoms with Crippen molar-refractivity contribution in [2.45, 2.75) is 32.2 Å². The van der Waals surface area contributed by atoms with Crippen molar-refractivity contribution in [2.75, 3.05) is 11.4 Å². The summed E-state index contributed by atoms with van der Waals surface area (Å²) < 4.78 is 5.55. The first-order valence-electron chi connectivity index (χ1n) is 8.31. The van der Waals surface area contributed by atoms with Crippen LogP contribution in [0, 0.1) is 0 Å². The van der Waals surface area contributed by atoms with Gasteiger partial charge in [-0.3, -0.25) is 0 Å². The Hall–Kier alpha value is -2.76. The van der Waals surface area contributed by atoms with Gasteiger partial charge in [0.2, 0.25) is 17.7 Å². The summed E-state index contributed by atoms with van der Waals surface area (Å²) in [6.07, 6.45) is 6.56. The fourth-order valence-corrected chi connectivity index (χ4v) is 3.08. The van der Waals surface area contributed by atoms with Crippen molar-refractivity contribution in [1.82, 2.24) is 20.1 Å². The van der Waals surface area contributed by atoms with Gasteiger partial charge in [0.25, 0.3) is 0 Å². The first kappa shape index (κ1) is 14.8. The maximum Gasteiger partial charge on any atom is 0.249 e. The molecule has 0 amide bonds. The molecular formula is C18H19N5O. The van der Waals surface area contributed by atoms with Gasteiger partial charge in [0.05, 0.1) is 0 Å². The van der Waals surface area contributed by atoms with Gasteiger partial charge in [-0.15, -0.1) is 0 Å². The largest absolute Gasteiger partial charge is 0.337 e. The smallest absolute Gasteiger partial charge is 0.249 e. The van der Waals surface area contributed by atoms with Gasteiger partial charge in [-0.1, -0.05) is 36.3 Å². The molecule has 0 radical (unpaired) electrons. The van der Waals surface area contributed by atoms with Gasteiger partial charge in [0, 0.05) is 24.5 Å². The van der Waals surface area contributed by atoms with Crippen LogP contribution in [0.4, 0.5) is 5.95 Å². The maximum absolute atomic E-state index is 5.55. The molecule has 24 heavy (non-hydrogen) atoms. The van der Waals surface area contributed by atoms with E-state index in [0.29, 0.717) is 17.7 Å². The molecule has 0 aliphatic carbocycles. The van der Waals surface area contributed by atoms with E-state index < -0.39 is 0 Å². The Balaban J connectivity index is 1.59. The molecule has 1 aromatic carbocycles. The lowest BCUT2D eigenvalue weighted by molar-refractivity contribution is 0.354. The quantitative estimate of drug-likeness (QED) is 0.733. The number of benzene rings is 1. The van der Waals surface area contributed by atoms with Crippen molar-refractivity contribution in [1.29, 1.82) is 0 Å². The number of aryl methyl sites for hydroxylation is 1. The second-order valence-corrected chi connectivity index (χ2v) is 5.91. The summed E-state index contributed by atoms with van der Waals surface area (Å²) in [6, 6.07) is 10.2. The number of hydrogen-bond donors (Lipinski definition) is 0. The molecule has 3 aromatic rings. The predicted molar refractivity (Wildman–Crippen MR) is 90.5 cm³/mol. The van der Waals surface area contributed by atoms with E-state index in [-0.39, 0.29) is 6.04 Å². The van der Waals surface area contributed by atoms with Gasteiger partial charge in [-0.25, -0.2) is 9.97 Å². The average molecular weight is 321 g/mol. The van der Waals surface area contributed by atoms with E-state index >= 15 is 0 Å². The van der Waals surface area contributed by atoms with E-state index in [1.165, 1.54) is 5.56 Å². The first-order chi connectivity index (χ1) is 11.8. The van der Waals surface area contributed by atoms with Crippen LogP contribution in [-0.2, 0) is 6.42 Å².